The number of rotatable bonds is 2. The van der Waals surface area contributed by atoms with Crippen LogP contribution in [-0.4, -0.2) is 17.8 Å². The van der Waals surface area contributed by atoms with Gasteiger partial charge in [0.05, 0.1) is 0 Å². The minimum Gasteiger partial charge on any atom is -0.217 e. The van der Waals surface area contributed by atoms with Gasteiger partial charge in [-0.05, 0) is 64.9 Å². The molecule has 1 aromatic carbocycles. The third-order valence-corrected chi connectivity index (χ3v) is 6.74. The number of nitroso groups, excluding NO2 is 1. The van der Waals surface area contributed by atoms with Crippen molar-refractivity contribution in [3.63, 3.8) is 0 Å². The Kier molecular flexibility index (Phi) is 2.59. The van der Waals surface area contributed by atoms with E-state index in [9.17, 15) is 4.91 Å². The Morgan fingerprint density at radius 3 is 2.21 bits per heavy atom. The van der Waals surface area contributed by atoms with Crippen molar-refractivity contribution in [2.24, 2.45) is 5.18 Å². The van der Waals surface area contributed by atoms with Gasteiger partial charge >= 0.3 is 0 Å². The van der Waals surface area contributed by atoms with Crippen molar-refractivity contribution in [1.82, 2.24) is 0 Å². The maximum Gasteiger partial charge on any atom is 0.108 e. The van der Waals surface area contributed by atoms with Gasteiger partial charge in [0.1, 0.15) is 5.69 Å². The predicted octanol–water partition coefficient (Wildman–Crippen LogP) is 3.67. The maximum absolute atomic E-state index is 10.3. The average molecular weight is 209 g/mol. The van der Waals surface area contributed by atoms with Crippen LogP contribution in [0.2, 0.25) is 0 Å². The van der Waals surface area contributed by atoms with Crippen LogP contribution in [0.3, 0.4) is 0 Å². The normalized spacial score (nSPS) is 21.8. The predicted molar refractivity (Wildman–Crippen MR) is 62.6 cm³/mol. The summed E-state index contributed by atoms with van der Waals surface area (Å²) >= 11 is 0. The Morgan fingerprint density at radius 1 is 1.14 bits per heavy atom. The first-order valence-electron chi connectivity index (χ1n) is 4.92. The van der Waals surface area contributed by atoms with Crippen LogP contribution in [0.1, 0.15) is 12.8 Å². The third-order valence-electron chi connectivity index (χ3n) is 2.95. The molecule has 0 amide bonds. The summed E-state index contributed by atoms with van der Waals surface area (Å²) in [5.41, 5.74) is 0.537. The van der Waals surface area contributed by atoms with Crippen molar-refractivity contribution in [1.29, 1.82) is 0 Å². The van der Waals surface area contributed by atoms with Gasteiger partial charge < -0.3 is 0 Å². The van der Waals surface area contributed by atoms with Crippen molar-refractivity contribution in [2.45, 2.75) is 17.7 Å². The molecule has 14 heavy (non-hydrogen) atoms. The van der Waals surface area contributed by atoms with Gasteiger partial charge in [0.2, 0.25) is 0 Å². The largest absolute Gasteiger partial charge is 0.217 e. The highest BCUT2D eigenvalue weighted by molar-refractivity contribution is 8.33. The lowest BCUT2D eigenvalue weighted by Crippen LogP contribution is -1.99. The van der Waals surface area contributed by atoms with Crippen LogP contribution in [-0.2, 0) is 0 Å². The molecule has 1 aliphatic heterocycles. The topological polar surface area (TPSA) is 29.4 Å². The molecule has 1 heterocycles. The van der Waals surface area contributed by atoms with E-state index < -0.39 is 10.0 Å². The molecule has 0 bridgehead atoms. The van der Waals surface area contributed by atoms with E-state index in [-0.39, 0.29) is 0 Å². The molecule has 0 atom stereocenters. The van der Waals surface area contributed by atoms with Gasteiger partial charge in [-0.3, -0.25) is 0 Å². The number of benzene rings is 1. The summed E-state index contributed by atoms with van der Waals surface area (Å²) in [5.74, 6) is 2.70. The number of hydrogen-bond donors (Lipinski definition) is 0. The first-order chi connectivity index (χ1) is 6.74. The Labute approximate surface area is 86.0 Å². The molecule has 1 aliphatic rings. The van der Waals surface area contributed by atoms with E-state index in [0.29, 0.717) is 5.69 Å². The second-order valence-electron chi connectivity index (χ2n) is 3.97. The molecule has 0 radical (unpaired) electrons. The van der Waals surface area contributed by atoms with Gasteiger partial charge in [-0.1, -0.05) is 0 Å². The molecule has 1 saturated heterocycles. The van der Waals surface area contributed by atoms with Crippen molar-refractivity contribution in [2.75, 3.05) is 17.8 Å². The molecular weight excluding hydrogens is 194 g/mol. The second kappa shape index (κ2) is 3.73. The molecule has 1 fully saturated rings. The minimum absolute atomic E-state index is 0.537. The lowest BCUT2D eigenvalue weighted by atomic mass is 10.3. The Bertz CT molecular complexity index is 328. The molecule has 0 spiro atoms. The standard InChI is InChI=1S/C11H15NOS/c1-14(8-2-3-9-14)11-6-4-10(12-13)5-7-11/h4-7H,2-3,8-9H2,1H3. The highest BCUT2D eigenvalue weighted by atomic mass is 32.3. The third kappa shape index (κ3) is 1.69. The summed E-state index contributed by atoms with van der Waals surface area (Å²) in [5, 5.41) is 2.92. The Balaban J connectivity index is 2.27. The van der Waals surface area contributed by atoms with E-state index in [0.717, 1.165) is 0 Å². The summed E-state index contributed by atoms with van der Waals surface area (Å²) in [6.45, 7) is 0. The van der Waals surface area contributed by atoms with Crippen LogP contribution in [0.15, 0.2) is 34.3 Å². The van der Waals surface area contributed by atoms with Crippen molar-refractivity contribution in [3.8, 4) is 0 Å². The van der Waals surface area contributed by atoms with Crippen LogP contribution in [0.5, 0.6) is 0 Å². The van der Waals surface area contributed by atoms with Crippen molar-refractivity contribution >= 4 is 15.7 Å². The monoisotopic (exact) mass is 209 g/mol. The van der Waals surface area contributed by atoms with E-state index in [4.69, 9.17) is 0 Å². The average Bonchev–Trinajstić information content (AvgIpc) is 2.67. The zero-order chi connectivity index (χ0) is 10.0. The van der Waals surface area contributed by atoms with Gasteiger partial charge in [0.15, 0.2) is 0 Å². The van der Waals surface area contributed by atoms with E-state index in [1.165, 1.54) is 29.2 Å². The fourth-order valence-electron chi connectivity index (χ4n) is 2.01. The molecule has 2 rings (SSSR count). The van der Waals surface area contributed by atoms with Gasteiger partial charge in [-0.2, -0.15) is 0 Å². The van der Waals surface area contributed by atoms with Gasteiger partial charge in [-0.25, -0.2) is 10.0 Å². The lowest BCUT2D eigenvalue weighted by Gasteiger charge is -2.30. The number of hydrogen-bond acceptors (Lipinski definition) is 2. The molecule has 1 aromatic rings. The van der Waals surface area contributed by atoms with Crippen LogP contribution in [0.4, 0.5) is 5.69 Å². The summed E-state index contributed by atoms with van der Waals surface area (Å²) in [6, 6.07) is 7.83. The lowest BCUT2D eigenvalue weighted by molar-refractivity contribution is 0.949. The SMILES string of the molecule is CS1(c2ccc(N=O)cc2)CCCC1. The van der Waals surface area contributed by atoms with Crippen LogP contribution >= 0.6 is 10.0 Å². The molecule has 0 saturated carbocycles. The highest BCUT2D eigenvalue weighted by Crippen LogP contribution is 2.57. The van der Waals surface area contributed by atoms with E-state index in [1.54, 1.807) is 0 Å². The summed E-state index contributed by atoms with van der Waals surface area (Å²) in [6.07, 6.45) is 5.11. The summed E-state index contributed by atoms with van der Waals surface area (Å²) in [7, 11) is -0.551. The molecule has 3 heteroatoms. The molecular formula is C11H15NOS. The number of nitrogens with zero attached hydrogens (tertiary/aromatic N) is 1. The smallest absolute Gasteiger partial charge is 0.108 e. The fourth-order valence-corrected chi connectivity index (χ4v) is 5.17. The zero-order valence-electron chi connectivity index (χ0n) is 8.40. The van der Waals surface area contributed by atoms with Crippen LogP contribution in [0, 0.1) is 4.91 Å². The fraction of sp³-hybridized carbons (Fsp3) is 0.455. The molecule has 0 N–H and O–H groups in total. The van der Waals surface area contributed by atoms with Crippen LogP contribution < -0.4 is 0 Å². The van der Waals surface area contributed by atoms with E-state index in [1.807, 2.05) is 12.1 Å². The van der Waals surface area contributed by atoms with Gasteiger partial charge in [0.25, 0.3) is 0 Å². The Morgan fingerprint density at radius 2 is 1.71 bits per heavy atom. The molecule has 76 valence electrons. The van der Waals surface area contributed by atoms with Crippen molar-refractivity contribution in [3.05, 3.63) is 29.2 Å². The highest BCUT2D eigenvalue weighted by Gasteiger charge is 2.24. The molecule has 0 aromatic heterocycles. The van der Waals surface area contributed by atoms with Crippen molar-refractivity contribution < 1.29 is 0 Å². The quantitative estimate of drug-likeness (QED) is 0.683. The van der Waals surface area contributed by atoms with Crippen LogP contribution in [0.25, 0.3) is 0 Å². The zero-order valence-corrected chi connectivity index (χ0v) is 9.22. The van der Waals surface area contributed by atoms with E-state index in [2.05, 4.69) is 23.6 Å². The first-order valence-corrected chi connectivity index (χ1v) is 7.30. The van der Waals surface area contributed by atoms with Gasteiger partial charge in [-0.15, -0.1) is 4.91 Å². The van der Waals surface area contributed by atoms with E-state index >= 15 is 0 Å². The summed E-state index contributed by atoms with van der Waals surface area (Å²) in [4.78, 5) is 11.7. The minimum atomic E-state index is -0.551. The maximum atomic E-state index is 10.3. The summed E-state index contributed by atoms with van der Waals surface area (Å²) < 4.78 is 0. The van der Waals surface area contributed by atoms with Gasteiger partial charge in [0, 0.05) is 0 Å². The second-order valence-corrected chi connectivity index (χ2v) is 7.81. The molecule has 0 unspecified atom stereocenters. The molecule has 0 aliphatic carbocycles. The first kappa shape index (κ1) is 9.71. The Hall–Kier alpha value is -0.830. The molecule has 2 nitrogen and oxygen atoms in total.